The molecule has 0 amide bonds. The lowest BCUT2D eigenvalue weighted by Crippen LogP contribution is -2.13. The van der Waals surface area contributed by atoms with Crippen molar-refractivity contribution in [3.8, 4) is 63.2 Å². The van der Waals surface area contributed by atoms with Gasteiger partial charge in [0.1, 0.15) is 6.07 Å². The molecule has 452 valence electrons. The highest BCUT2D eigenvalue weighted by Crippen LogP contribution is 2.47. The number of aromatic nitrogens is 4. The van der Waals surface area contributed by atoms with E-state index in [1.54, 1.807) is 28.8 Å². The van der Waals surface area contributed by atoms with Crippen LogP contribution in [0.5, 0.6) is 0 Å². The molecule has 0 N–H and O–H groups in total. The molecule has 0 fully saturated rings. The molecule has 0 aliphatic heterocycles. The quantitative estimate of drug-likeness (QED) is 0.166. The molecule has 16 aromatic rings. The number of nitriles is 3. The molecular formula is C84H60F3N7. The van der Waals surface area contributed by atoms with Crippen molar-refractivity contribution >= 4 is 87.2 Å². The Labute approximate surface area is 541 Å². The first-order valence-corrected chi connectivity index (χ1v) is 31.3. The summed E-state index contributed by atoms with van der Waals surface area (Å²) in [7, 11) is 0. The van der Waals surface area contributed by atoms with Crippen LogP contribution >= 0.6 is 0 Å². The minimum atomic E-state index is -4.68. The molecule has 0 aliphatic carbocycles. The van der Waals surface area contributed by atoms with Crippen molar-refractivity contribution < 1.29 is 13.2 Å². The van der Waals surface area contributed by atoms with Gasteiger partial charge in [-0.15, -0.1) is 0 Å². The number of hydrogen-bond donors (Lipinski definition) is 0. The predicted molar refractivity (Wildman–Crippen MR) is 378 cm³/mol. The zero-order valence-corrected chi connectivity index (χ0v) is 53.0. The van der Waals surface area contributed by atoms with Crippen LogP contribution < -0.4 is 0 Å². The van der Waals surface area contributed by atoms with E-state index >= 15 is 13.2 Å². The van der Waals surface area contributed by atoms with E-state index in [1.807, 2.05) is 123 Å². The van der Waals surface area contributed by atoms with Gasteiger partial charge in [-0.25, -0.2) is 0 Å². The van der Waals surface area contributed by atoms with Gasteiger partial charge in [-0.1, -0.05) is 117 Å². The van der Waals surface area contributed by atoms with Crippen molar-refractivity contribution in [3.05, 3.63) is 285 Å². The Kier molecular flexibility index (Phi) is 13.8. The zero-order valence-electron chi connectivity index (χ0n) is 53.0. The van der Waals surface area contributed by atoms with Gasteiger partial charge in [0.2, 0.25) is 0 Å². The molecule has 0 saturated heterocycles. The van der Waals surface area contributed by atoms with Crippen LogP contribution in [-0.2, 0) is 6.18 Å². The van der Waals surface area contributed by atoms with Crippen LogP contribution in [0.25, 0.3) is 132 Å². The number of fused-ring (bicyclic) bond motifs is 12. The minimum absolute atomic E-state index is 0.0313. The number of rotatable bonds is 6. The average molecular weight is 1220 g/mol. The molecular weight excluding hydrogens is 1160 g/mol. The summed E-state index contributed by atoms with van der Waals surface area (Å²) in [5, 5.41) is 38.9. The molecule has 94 heavy (non-hydrogen) atoms. The molecule has 7 nitrogen and oxygen atoms in total. The zero-order chi connectivity index (χ0) is 65.2. The van der Waals surface area contributed by atoms with Crippen LogP contribution in [0.4, 0.5) is 13.2 Å². The monoisotopic (exact) mass is 1220 g/mol. The second-order valence-electron chi connectivity index (χ2n) is 25.3. The van der Waals surface area contributed by atoms with E-state index < -0.39 is 11.7 Å². The summed E-state index contributed by atoms with van der Waals surface area (Å²) in [5.41, 5.74) is 22.3. The first kappa shape index (κ1) is 58.5. The van der Waals surface area contributed by atoms with Gasteiger partial charge < -0.3 is 18.3 Å². The van der Waals surface area contributed by atoms with Gasteiger partial charge in [0.15, 0.2) is 0 Å². The van der Waals surface area contributed by atoms with E-state index in [2.05, 4.69) is 152 Å². The van der Waals surface area contributed by atoms with Crippen LogP contribution in [0.3, 0.4) is 0 Å². The third-order valence-electron chi connectivity index (χ3n) is 18.5. The van der Waals surface area contributed by atoms with Crippen molar-refractivity contribution in [2.75, 3.05) is 0 Å². The molecule has 0 bridgehead atoms. The maximum Gasteiger partial charge on any atom is 0.418 e. The Bertz CT molecular complexity index is 5820. The van der Waals surface area contributed by atoms with Crippen molar-refractivity contribution in [2.24, 2.45) is 0 Å². The highest BCUT2D eigenvalue weighted by Gasteiger charge is 2.37. The summed E-state index contributed by atoms with van der Waals surface area (Å²) >= 11 is 0. The minimum Gasteiger partial charge on any atom is -0.309 e. The van der Waals surface area contributed by atoms with Gasteiger partial charge in [-0.2, -0.15) is 29.0 Å². The topological polar surface area (TPSA) is 91.1 Å². The summed E-state index contributed by atoms with van der Waals surface area (Å²) in [6, 6.07) is 79.1. The number of halogens is 3. The predicted octanol–water partition coefficient (Wildman–Crippen LogP) is 22.2. The fourth-order valence-electron chi connectivity index (χ4n) is 14.2. The Morgan fingerprint density at radius 3 is 0.819 bits per heavy atom. The maximum absolute atomic E-state index is 15.5. The van der Waals surface area contributed by atoms with Crippen LogP contribution in [0, 0.1) is 89.4 Å². The van der Waals surface area contributed by atoms with Crippen molar-refractivity contribution in [3.63, 3.8) is 0 Å². The molecule has 0 spiro atoms. The Morgan fingerprint density at radius 1 is 0.277 bits per heavy atom. The standard InChI is InChI=1S/C42H30F3N3.C42H30N4/c1-24-8-12-36-31(16-24)32-17-25(2)9-13-37(32)47(36)40-22-35(42(43,44)45)41(21-30(40)29-7-5-6-28(20-29)23-46)48-38-14-10-26(3)18-33(38)34-19-27(4)11-15-39(34)48;1-25-8-12-37-33(16-25)34-17-26(2)9-13-38(34)45(37)41-22-32(30-7-5-6-29(20-30)23-43)42(21-31(41)24-44)46-39-14-10-27(3)18-35(39)36-19-28(4)11-15-40(36)46/h5-22H,1-4H3;5-22H,1-4H3. The highest BCUT2D eigenvalue weighted by molar-refractivity contribution is 6.14. The summed E-state index contributed by atoms with van der Waals surface area (Å²) in [5.74, 6) is 0. The van der Waals surface area contributed by atoms with E-state index in [1.165, 1.54) is 39.1 Å². The van der Waals surface area contributed by atoms with Gasteiger partial charge in [-0.05, 0) is 212 Å². The normalized spacial score (nSPS) is 11.7. The number of benzene rings is 12. The molecule has 4 aromatic heterocycles. The lowest BCUT2D eigenvalue weighted by atomic mass is 9.97. The van der Waals surface area contributed by atoms with Crippen molar-refractivity contribution in [1.29, 1.82) is 15.8 Å². The van der Waals surface area contributed by atoms with Crippen molar-refractivity contribution in [2.45, 2.75) is 61.6 Å². The van der Waals surface area contributed by atoms with Crippen LogP contribution in [0.15, 0.2) is 218 Å². The van der Waals surface area contributed by atoms with Crippen LogP contribution in [-0.4, -0.2) is 18.3 Å². The third kappa shape index (κ3) is 9.63. The molecule has 16 rings (SSSR count). The summed E-state index contributed by atoms with van der Waals surface area (Å²) in [6.45, 7) is 16.5. The number of alkyl halides is 3. The summed E-state index contributed by atoms with van der Waals surface area (Å²) in [6.07, 6.45) is -4.68. The van der Waals surface area contributed by atoms with Gasteiger partial charge in [0.05, 0.1) is 101 Å². The SMILES string of the molecule is Cc1ccc2c(c1)c1cc(C)ccc1n2-c1cc(-c2cccc(C#N)c2)c(-n2c3ccc(C)cc3c3cc(C)ccc32)cc1C#N.Cc1ccc2c(c1)c1cc(C)ccc1n2-c1cc(C(F)(F)F)c(-n2c3ccc(C)cc3c3cc(C)ccc32)cc1-c1cccc(C#N)c1. The molecule has 12 aromatic carbocycles. The largest absolute Gasteiger partial charge is 0.418 e. The first-order valence-electron chi connectivity index (χ1n) is 31.3. The molecule has 0 radical (unpaired) electrons. The highest BCUT2D eigenvalue weighted by atomic mass is 19.4. The fourth-order valence-corrected chi connectivity index (χ4v) is 14.2. The van der Waals surface area contributed by atoms with E-state index in [0.717, 1.165) is 110 Å². The van der Waals surface area contributed by atoms with E-state index in [0.29, 0.717) is 44.5 Å². The van der Waals surface area contributed by atoms with Gasteiger partial charge in [0, 0.05) is 54.2 Å². The smallest absolute Gasteiger partial charge is 0.309 e. The van der Waals surface area contributed by atoms with E-state index in [-0.39, 0.29) is 5.69 Å². The second kappa shape index (κ2) is 22.2. The van der Waals surface area contributed by atoms with Gasteiger partial charge >= 0.3 is 6.18 Å². The maximum atomic E-state index is 15.5. The van der Waals surface area contributed by atoms with Crippen molar-refractivity contribution in [1.82, 2.24) is 18.3 Å². The molecule has 4 heterocycles. The van der Waals surface area contributed by atoms with E-state index in [4.69, 9.17) is 0 Å². The van der Waals surface area contributed by atoms with E-state index in [9.17, 15) is 15.8 Å². The fraction of sp³-hybridized carbons (Fsp3) is 0.107. The van der Waals surface area contributed by atoms with Crippen LogP contribution in [0.2, 0.25) is 0 Å². The Morgan fingerprint density at radius 2 is 0.543 bits per heavy atom. The third-order valence-corrected chi connectivity index (χ3v) is 18.5. The lowest BCUT2D eigenvalue weighted by Gasteiger charge is -2.22. The molecule has 0 unspecified atom stereocenters. The molecule has 10 heteroatoms. The first-order chi connectivity index (χ1) is 45.3. The Balaban J connectivity index is 0.000000155. The number of nitrogens with zero attached hydrogens (tertiary/aromatic N) is 7. The molecule has 0 saturated carbocycles. The average Bonchev–Trinajstić information content (AvgIpc) is 1.51. The van der Waals surface area contributed by atoms with Crippen LogP contribution in [0.1, 0.15) is 66.8 Å². The number of hydrogen-bond acceptors (Lipinski definition) is 3. The van der Waals surface area contributed by atoms with Gasteiger partial charge in [-0.3, -0.25) is 0 Å². The Hall–Kier alpha value is -11.9. The van der Waals surface area contributed by atoms with Gasteiger partial charge in [0.25, 0.3) is 0 Å². The lowest BCUT2D eigenvalue weighted by molar-refractivity contribution is -0.137. The summed E-state index contributed by atoms with van der Waals surface area (Å²) in [4.78, 5) is 0. The second-order valence-corrected chi connectivity index (χ2v) is 25.3. The number of aryl methyl sites for hydroxylation is 8. The molecule has 0 atom stereocenters. The summed E-state index contributed by atoms with van der Waals surface area (Å²) < 4.78 is 54.7. The molecule has 0 aliphatic rings.